The molecule has 54 heavy (non-hydrogen) atoms. The van der Waals surface area contributed by atoms with Crippen LogP contribution < -0.4 is 0 Å². The van der Waals surface area contributed by atoms with Crippen LogP contribution in [0.15, 0.2) is 70.8 Å². The van der Waals surface area contributed by atoms with Gasteiger partial charge in [0.2, 0.25) is 0 Å². The average Bonchev–Trinajstić information content (AvgIpc) is 3.96. The molecule has 0 saturated heterocycles. The first-order valence-electron chi connectivity index (χ1n) is 18.4. The predicted molar refractivity (Wildman–Crippen MR) is 199 cm³/mol. The molecule has 0 amide bonds. The van der Waals surface area contributed by atoms with Crippen molar-refractivity contribution in [3.05, 3.63) is 137 Å². The van der Waals surface area contributed by atoms with Gasteiger partial charge in [-0.1, -0.05) is 31.4 Å². The Kier molecular flexibility index (Phi) is 7.56. The third-order valence-corrected chi connectivity index (χ3v) is 14.8. The van der Waals surface area contributed by atoms with Crippen LogP contribution in [0, 0.1) is 23.3 Å². The number of carbonyl (C=O) groups is 4. The molecule has 0 radical (unpaired) electrons. The van der Waals surface area contributed by atoms with Crippen LogP contribution in [-0.2, 0) is 5.41 Å². The van der Waals surface area contributed by atoms with Gasteiger partial charge in [-0.3, -0.25) is 19.2 Å². The zero-order valence-corrected chi connectivity index (χ0v) is 30.5. The monoisotopic (exact) mass is 762 g/mol. The van der Waals surface area contributed by atoms with E-state index in [1.807, 2.05) is 12.2 Å². The summed E-state index contributed by atoms with van der Waals surface area (Å²) in [6, 6.07) is 7.90. The predicted octanol–water partition coefficient (Wildman–Crippen LogP) is 11.5. The van der Waals surface area contributed by atoms with Crippen molar-refractivity contribution in [2.24, 2.45) is 0 Å². The first kappa shape index (κ1) is 33.7. The van der Waals surface area contributed by atoms with E-state index < -0.39 is 46.4 Å². The second-order valence-electron chi connectivity index (χ2n) is 15.1. The number of benzene rings is 2. The van der Waals surface area contributed by atoms with Gasteiger partial charge in [0.15, 0.2) is 46.4 Å². The third-order valence-electron chi connectivity index (χ3n) is 12.2. The van der Waals surface area contributed by atoms with Crippen molar-refractivity contribution in [3.8, 4) is 9.75 Å². The highest BCUT2D eigenvalue weighted by Crippen LogP contribution is 2.62. The molecule has 10 heteroatoms. The fraction of sp³-hybridized carbons (Fsp3) is 0.273. The van der Waals surface area contributed by atoms with Crippen molar-refractivity contribution in [2.75, 3.05) is 0 Å². The number of Topliss-reactive ketones (excluding diaryl/α,β-unsaturated/α-hetero) is 4. The molecule has 270 valence electrons. The largest absolute Gasteiger partial charge is 0.288 e. The minimum atomic E-state index is -1.15. The maximum Gasteiger partial charge on any atom is 0.198 e. The van der Waals surface area contributed by atoms with E-state index in [2.05, 4.69) is 12.1 Å². The number of fused-ring (bicyclic) bond motifs is 7. The second-order valence-corrected chi connectivity index (χ2v) is 17.2. The van der Waals surface area contributed by atoms with Crippen LogP contribution in [0.2, 0.25) is 0 Å². The first-order valence-corrected chi connectivity index (χ1v) is 20.0. The Morgan fingerprint density at radius 3 is 1.20 bits per heavy atom. The van der Waals surface area contributed by atoms with Gasteiger partial charge in [0.25, 0.3) is 0 Å². The molecule has 4 aromatic rings. The maximum absolute atomic E-state index is 14.0. The normalized spacial score (nSPS) is 20.1. The summed E-state index contributed by atoms with van der Waals surface area (Å²) in [5, 5.41) is 0. The molecular weight excluding hydrogens is 733 g/mol. The molecule has 0 aliphatic heterocycles. The number of ketones is 4. The summed E-state index contributed by atoms with van der Waals surface area (Å²) in [7, 11) is 0. The maximum atomic E-state index is 14.0. The van der Waals surface area contributed by atoms with Gasteiger partial charge in [-0.25, -0.2) is 17.6 Å². The Morgan fingerprint density at radius 1 is 0.463 bits per heavy atom. The summed E-state index contributed by atoms with van der Waals surface area (Å²) in [6.07, 6.45) is 13.3. The van der Waals surface area contributed by atoms with Crippen LogP contribution in [0.4, 0.5) is 17.6 Å². The number of allylic oxidation sites excluding steroid dienone is 8. The standard InChI is InChI=1S/C44H30F4O4S2/c45-30-14-24-25(15-31(30)46)39(50)36(38(24)49)22-8-4-6-20(12-22)34-18-28-42(53-34)43-29(44(28)10-2-1-3-11-44)19-35(54-43)21-7-5-9-23(13-21)37-40(51)26-16-32(47)33(48)17-27(26)41(37)52/h12-19H,1-11H2. The number of hydrogen-bond acceptors (Lipinski definition) is 6. The van der Waals surface area contributed by atoms with Crippen LogP contribution in [0.5, 0.6) is 0 Å². The van der Waals surface area contributed by atoms with Gasteiger partial charge in [-0.15, -0.1) is 22.7 Å². The number of thiophene rings is 2. The summed E-state index contributed by atoms with van der Waals surface area (Å²) in [4.78, 5) is 58.0. The van der Waals surface area contributed by atoms with Gasteiger partial charge in [0, 0.05) is 47.2 Å². The smallest absolute Gasteiger partial charge is 0.198 e. The van der Waals surface area contributed by atoms with Crippen LogP contribution in [0.3, 0.4) is 0 Å². The quantitative estimate of drug-likeness (QED) is 0.116. The molecule has 1 spiro atoms. The van der Waals surface area contributed by atoms with E-state index in [4.69, 9.17) is 0 Å². The fourth-order valence-electron chi connectivity index (χ4n) is 9.59. The van der Waals surface area contributed by atoms with Crippen molar-refractivity contribution in [1.82, 2.24) is 0 Å². The molecule has 6 aliphatic carbocycles. The van der Waals surface area contributed by atoms with E-state index >= 15 is 0 Å². The topological polar surface area (TPSA) is 68.3 Å². The molecule has 0 unspecified atom stereocenters. The van der Waals surface area contributed by atoms with E-state index in [-0.39, 0.29) is 38.8 Å². The number of hydrogen-bond donors (Lipinski definition) is 0. The van der Waals surface area contributed by atoms with E-state index in [0.717, 1.165) is 96.5 Å². The number of carbonyl (C=O) groups excluding carboxylic acids is 4. The van der Waals surface area contributed by atoms with Crippen molar-refractivity contribution in [1.29, 1.82) is 0 Å². The molecule has 1 saturated carbocycles. The number of rotatable bonds is 2. The lowest BCUT2D eigenvalue weighted by Gasteiger charge is -2.34. The van der Waals surface area contributed by atoms with Gasteiger partial charge < -0.3 is 0 Å². The third kappa shape index (κ3) is 4.78. The molecule has 0 bridgehead atoms. The minimum Gasteiger partial charge on any atom is -0.288 e. The molecule has 1 fully saturated rings. The Morgan fingerprint density at radius 2 is 0.833 bits per heavy atom. The van der Waals surface area contributed by atoms with E-state index in [1.54, 1.807) is 22.7 Å². The highest BCUT2D eigenvalue weighted by molar-refractivity contribution is 7.23. The molecule has 2 aromatic heterocycles. The average molecular weight is 763 g/mol. The molecule has 4 nitrogen and oxygen atoms in total. The Hall–Kier alpha value is -4.80. The lowest BCUT2D eigenvalue weighted by Crippen LogP contribution is -2.27. The Balaban J connectivity index is 1.03. The lowest BCUT2D eigenvalue weighted by molar-refractivity contribution is 0.0971. The van der Waals surface area contributed by atoms with Crippen LogP contribution >= 0.6 is 22.7 Å². The Bertz CT molecular complexity index is 2350. The number of halogens is 4. The minimum absolute atomic E-state index is 0.00420. The highest BCUT2D eigenvalue weighted by Gasteiger charge is 2.47. The van der Waals surface area contributed by atoms with Gasteiger partial charge in [-0.05, 0) is 121 Å². The van der Waals surface area contributed by atoms with Crippen LogP contribution in [-0.4, -0.2) is 23.1 Å². The summed E-state index contributed by atoms with van der Waals surface area (Å²) < 4.78 is 56.1. The molecule has 10 rings (SSSR count). The summed E-state index contributed by atoms with van der Waals surface area (Å²) in [6.45, 7) is 0. The zero-order valence-electron chi connectivity index (χ0n) is 28.9. The van der Waals surface area contributed by atoms with Gasteiger partial charge in [0.1, 0.15) is 0 Å². The van der Waals surface area contributed by atoms with Gasteiger partial charge in [-0.2, -0.15) is 0 Å². The van der Waals surface area contributed by atoms with Crippen molar-refractivity contribution in [2.45, 2.75) is 76.0 Å². The molecule has 6 aliphatic rings. The summed E-state index contributed by atoms with van der Waals surface area (Å²) in [5.41, 5.74) is 5.44. The summed E-state index contributed by atoms with van der Waals surface area (Å²) >= 11 is 3.45. The van der Waals surface area contributed by atoms with Crippen molar-refractivity contribution >= 4 is 57.0 Å². The molecule has 0 atom stereocenters. The first-order chi connectivity index (χ1) is 26.0. The van der Waals surface area contributed by atoms with Crippen molar-refractivity contribution < 1.29 is 36.7 Å². The van der Waals surface area contributed by atoms with Gasteiger partial charge >= 0.3 is 0 Å². The lowest BCUT2D eigenvalue weighted by atomic mass is 9.68. The molecule has 2 heterocycles. The van der Waals surface area contributed by atoms with Gasteiger partial charge in [0.05, 0.1) is 11.1 Å². The fourth-order valence-corrected chi connectivity index (χ4v) is 12.4. The van der Waals surface area contributed by atoms with E-state index in [9.17, 15) is 36.7 Å². The SMILES string of the molecule is O=C1C(=C2C=C(c3cc4c(s3)-c3sc(C5=CC(=C6C(=O)c7cc(F)c(F)cc7C6=O)CCC5)cc3C43CCCCC3)CCC2)C(=O)c2cc(F)c(F)cc21. The van der Waals surface area contributed by atoms with Crippen LogP contribution in [0.1, 0.15) is 133 Å². The second kappa shape index (κ2) is 12.1. The Labute approximate surface area is 315 Å². The van der Waals surface area contributed by atoms with Crippen LogP contribution in [0.25, 0.3) is 20.9 Å². The molecular formula is C44H30F4O4S2. The highest BCUT2D eigenvalue weighted by atomic mass is 32.1. The molecule has 0 N–H and O–H groups in total. The van der Waals surface area contributed by atoms with E-state index in [1.165, 1.54) is 27.3 Å². The van der Waals surface area contributed by atoms with E-state index in [0.29, 0.717) is 24.0 Å². The zero-order chi connectivity index (χ0) is 37.2. The molecule has 2 aromatic carbocycles. The van der Waals surface area contributed by atoms with Crippen molar-refractivity contribution in [3.63, 3.8) is 0 Å². The summed E-state index contributed by atoms with van der Waals surface area (Å²) in [5.74, 6) is -6.85.